The quantitative estimate of drug-likeness (QED) is 0.724. The first-order chi connectivity index (χ1) is 13.5. The molecule has 0 amide bonds. The summed E-state index contributed by atoms with van der Waals surface area (Å²) < 4.78 is 0. The van der Waals surface area contributed by atoms with Crippen molar-refractivity contribution in [3.63, 3.8) is 0 Å². The molecule has 0 bridgehead atoms. The van der Waals surface area contributed by atoms with Crippen LogP contribution in [0.4, 0.5) is 0 Å². The zero-order valence-corrected chi connectivity index (χ0v) is 15.1. The smallest absolute Gasteiger partial charge is 0.357 e. The van der Waals surface area contributed by atoms with E-state index in [1.54, 1.807) is 60.7 Å². The molecule has 0 aliphatic carbocycles. The van der Waals surface area contributed by atoms with Crippen molar-refractivity contribution in [2.45, 2.75) is 12.5 Å². The minimum absolute atomic E-state index is 0.230. The third kappa shape index (κ3) is 5.15. The SMILES string of the molecule is O=C(O)CN(OC(=O)c1ccccc1)C1CCN(OC(=O)c2ccccc2)C1. The average molecular weight is 384 g/mol. The van der Waals surface area contributed by atoms with Crippen molar-refractivity contribution in [3.8, 4) is 0 Å². The average Bonchev–Trinajstić information content (AvgIpc) is 3.17. The largest absolute Gasteiger partial charge is 0.480 e. The van der Waals surface area contributed by atoms with E-state index in [1.165, 1.54) is 5.06 Å². The molecule has 1 fully saturated rings. The van der Waals surface area contributed by atoms with Gasteiger partial charge in [0.15, 0.2) is 0 Å². The summed E-state index contributed by atoms with van der Waals surface area (Å²) in [4.78, 5) is 46.3. The van der Waals surface area contributed by atoms with Gasteiger partial charge in [-0.3, -0.25) is 4.79 Å². The Hall–Kier alpha value is -3.23. The molecule has 0 radical (unpaired) electrons. The van der Waals surface area contributed by atoms with Gasteiger partial charge in [0.1, 0.15) is 6.54 Å². The molecule has 1 heterocycles. The Morgan fingerprint density at radius 2 is 1.54 bits per heavy atom. The number of carboxylic acid groups (broad SMARTS) is 1. The minimum Gasteiger partial charge on any atom is -0.480 e. The lowest BCUT2D eigenvalue weighted by Gasteiger charge is -2.25. The molecule has 0 spiro atoms. The predicted octanol–water partition coefficient (Wildman–Crippen LogP) is 1.99. The Morgan fingerprint density at radius 1 is 0.964 bits per heavy atom. The number of hydroxylamine groups is 4. The third-order valence-corrected chi connectivity index (χ3v) is 4.26. The van der Waals surface area contributed by atoms with E-state index >= 15 is 0 Å². The monoisotopic (exact) mass is 384 g/mol. The molecular weight excluding hydrogens is 364 g/mol. The Labute approximate surface area is 161 Å². The normalized spacial score (nSPS) is 16.7. The standard InChI is InChI=1S/C20H20N2O6/c23-18(24)14-22(28-20(26)16-9-5-2-6-10-16)17-11-12-21(13-17)27-19(25)15-7-3-1-4-8-15/h1-10,17H,11-14H2,(H,23,24). The van der Waals surface area contributed by atoms with Gasteiger partial charge in [0.2, 0.25) is 0 Å². The van der Waals surface area contributed by atoms with E-state index in [0.717, 1.165) is 5.06 Å². The maximum absolute atomic E-state index is 12.3. The summed E-state index contributed by atoms with van der Waals surface area (Å²) in [5.74, 6) is -2.26. The molecule has 8 nitrogen and oxygen atoms in total. The lowest BCUT2D eigenvalue weighted by atomic mass is 10.2. The van der Waals surface area contributed by atoms with Crippen LogP contribution in [0.1, 0.15) is 27.1 Å². The number of carbonyl (C=O) groups is 3. The van der Waals surface area contributed by atoms with Crippen molar-refractivity contribution >= 4 is 17.9 Å². The highest BCUT2D eigenvalue weighted by molar-refractivity contribution is 5.89. The number of nitrogens with zero attached hydrogens (tertiary/aromatic N) is 2. The van der Waals surface area contributed by atoms with Gasteiger partial charge in [-0.1, -0.05) is 36.4 Å². The van der Waals surface area contributed by atoms with Crippen molar-refractivity contribution in [2.24, 2.45) is 0 Å². The second-order valence-electron chi connectivity index (χ2n) is 6.29. The van der Waals surface area contributed by atoms with Gasteiger partial charge in [-0.15, -0.1) is 10.1 Å². The third-order valence-electron chi connectivity index (χ3n) is 4.26. The van der Waals surface area contributed by atoms with Gasteiger partial charge in [0, 0.05) is 6.54 Å². The molecule has 1 saturated heterocycles. The molecule has 1 N–H and O–H groups in total. The van der Waals surface area contributed by atoms with Crippen molar-refractivity contribution in [2.75, 3.05) is 19.6 Å². The molecule has 3 rings (SSSR count). The second-order valence-corrected chi connectivity index (χ2v) is 6.29. The molecule has 0 aromatic heterocycles. The Morgan fingerprint density at radius 3 is 2.11 bits per heavy atom. The first-order valence-electron chi connectivity index (χ1n) is 8.81. The van der Waals surface area contributed by atoms with Crippen LogP contribution in [0, 0.1) is 0 Å². The molecule has 146 valence electrons. The predicted molar refractivity (Wildman–Crippen MR) is 98.0 cm³/mol. The number of carbonyl (C=O) groups excluding carboxylic acids is 2. The van der Waals surface area contributed by atoms with Crippen molar-refractivity contribution in [3.05, 3.63) is 71.8 Å². The van der Waals surface area contributed by atoms with Gasteiger partial charge in [0.25, 0.3) is 0 Å². The van der Waals surface area contributed by atoms with Crippen LogP contribution in [0.5, 0.6) is 0 Å². The van der Waals surface area contributed by atoms with Crippen molar-refractivity contribution in [1.29, 1.82) is 0 Å². The van der Waals surface area contributed by atoms with Crippen LogP contribution < -0.4 is 0 Å². The number of hydrogen-bond donors (Lipinski definition) is 1. The van der Waals surface area contributed by atoms with E-state index in [1.807, 2.05) is 0 Å². The highest BCUT2D eigenvalue weighted by Gasteiger charge is 2.34. The molecule has 1 atom stereocenters. The lowest BCUT2D eigenvalue weighted by molar-refractivity contribution is -0.168. The summed E-state index contributed by atoms with van der Waals surface area (Å²) in [6, 6.07) is 16.5. The fourth-order valence-corrected chi connectivity index (χ4v) is 2.88. The Balaban J connectivity index is 1.61. The summed E-state index contributed by atoms with van der Waals surface area (Å²) >= 11 is 0. The number of rotatable bonds is 7. The summed E-state index contributed by atoms with van der Waals surface area (Å²) in [5.41, 5.74) is 0.743. The molecule has 1 aliphatic heterocycles. The maximum Gasteiger partial charge on any atom is 0.357 e. The van der Waals surface area contributed by atoms with Crippen LogP contribution in [0.2, 0.25) is 0 Å². The van der Waals surface area contributed by atoms with Crippen LogP contribution in [0.15, 0.2) is 60.7 Å². The molecular formula is C20H20N2O6. The van der Waals surface area contributed by atoms with Gasteiger partial charge in [0.05, 0.1) is 23.7 Å². The number of benzene rings is 2. The van der Waals surface area contributed by atoms with Crippen LogP contribution in [-0.2, 0) is 14.5 Å². The summed E-state index contributed by atoms with van der Waals surface area (Å²) in [5, 5.41) is 11.7. The Bertz CT molecular complexity index is 827. The molecule has 1 aliphatic rings. The fourth-order valence-electron chi connectivity index (χ4n) is 2.88. The zero-order chi connectivity index (χ0) is 19.9. The maximum atomic E-state index is 12.3. The van der Waals surface area contributed by atoms with Crippen LogP contribution in [-0.4, -0.2) is 58.8 Å². The molecule has 1 unspecified atom stereocenters. The first-order valence-corrected chi connectivity index (χ1v) is 8.81. The highest BCUT2D eigenvalue weighted by atomic mass is 16.7. The van der Waals surface area contributed by atoms with E-state index in [-0.39, 0.29) is 6.54 Å². The van der Waals surface area contributed by atoms with Gasteiger partial charge in [-0.2, -0.15) is 0 Å². The van der Waals surface area contributed by atoms with Crippen LogP contribution in [0.3, 0.4) is 0 Å². The van der Waals surface area contributed by atoms with Crippen LogP contribution in [0.25, 0.3) is 0 Å². The highest BCUT2D eigenvalue weighted by Crippen LogP contribution is 2.18. The topological polar surface area (TPSA) is 96.4 Å². The zero-order valence-electron chi connectivity index (χ0n) is 15.1. The lowest BCUT2D eigenvalue weighted by Crippen LogP contribution is -2.42. The second kappa shape index (κ2) is 9.12. The van der Waals surface area contributed by atoms with E-state index in [2.05, 4.69) is 0 Å². The van der Waals surface area contributed by atoms with Gasteiger partial charge < -0.3 is 14.8 Å². The number of carboxylic acids is 1. The van der Waals surface area contributed by atoms with Crippen molar-refractivity contribution in [1.82, 2.24) is 10.1 Å². The van der Waals surface area contributed by atoms with Crippen molar-refractivity contribution < 1.29 is 29.2 Å². The number of hydrogen-bond acceptors (Lipinski definition) is 7. The van der Waals surface area contributed by atoms with E-state index < -0.39 is 30.5 Å². The molecule has 28 heavy (non-hydrogen) atoms. The first kappa shape index (κ1) is 19.5. The van der Waals surface area contributed by atoms with Gasteiger partial charge in [-0.25, -0.2) is 9.59 Å². The van der Waals surface area contributed by atoms with E-state index in [9.17, 15) is 14.4 Å². The van der Waals surface area contributed by atoms with Gasteiger partial charge >= 0.3 is 17.9 Å². The molecule has 8 heteroatoms. The van der Waals surface area contributed by atoms with E-state index in [4.69, 9.17) is 14.8 Å². The summed E-state index contributed by atoms with van der Waals surface area (Å²) in [6.07, 6.45) is 0.484. The number of aliphatic carboxylic acids is 1. The van der Waals surface area contributed by atoms with Gasteiger partial charge in [-0.05, 0) is 30.7 Å². The van der Waals surface area contributed by atoms with Crippen LogP contribution >= 0.6 is 0 Å². The van der Waals surface area contributed by atoms with E-state index in [0.29, 0.717) is 24.1 Å². The minimum atomic E-state index is -1.12. The summed E-state index contributed by atoms with van der Waals surface area (Å²) in [6.45, 7) is 0.167. The molecule has 0 saturated carbocycles. The Kier molecular flexibility index (Phi) is 6.36. The summed E-state index contributed by atoms with van der Waals surface area (Å²) in [7, 11) is 0. The molecule has 2 aromatic rings. The molecule has 2 aromatic carbocycles. The fraction of sp³-hybridized carbons (Fsp3) is 0.250.